The highest BCUT2D eigenvalue weighted by Crippen LogP contribution is 2.27. The van der Waals surface area contributed by atoms with Crippen LogP contribution in [-0.4, -0.2) is 39.1 Å². The molecule has 1 saturated heterocycles. The topological polar surface area (TPSA) is 137 Å². The van der Waals surface area contributed by atoms with Crippen molar-refractivity contribution in [3.05, 3.63) is 83.1 Å². The number of amides is 2. The summed E-state index contributed by atoms with van der Waals surface area (Å²) in [6.07, 6.45) is 1.23. The Hall–Kier alpha value is -4.57. The lowest BCUT2D eigenvalue weighted by atomic mass is 10.1. The van der Waals surface area contributed by atoms with E-state index in [0.717, 1.165) is 4.90 Å². The highest BCUT2D eigenvalue weighted by molar-refractivity contribution is 7.80. The molecule has 2 heterocycles. The Labute approximate surface area is 191 Å². The Balaban J connectivity index is 1.67. The van der Waals surface area contributed by atoms with Crippen LogP contribution in [0.1, 0.15) is 26.5 Å². The molecule has 0 bridgehead atoms. The fourth-order valence-corrected chi connectivity index (χ4v) is 3.48. The van der Waals surface area contributed by atoms with Crippen LogP contribution < -0.4 is 10.2 Å². The third-order valence-electron chi connectivity index (χ3n) is 4.76. The largest absolute Gasteiger partial charge is 0.478 e. The minimum Gasteiger partial charge on any atom is -0.478 e. The molecule has 2 amide bonds. The summed E-state index contributed by atoms with van der Waals surface area (Å²) in [7, 11) is 0. The molecule has 33 heavy (non-hydrogen) atoms. The monoisotopic (exact) mass is 462 g/mol. The van der Waals surface area contributed by atoms with Crippen molar-refractivity contribution >= 4 is 52.8 Å². The van der Waals surface area contributed by atoms with Gasteiger partial charge in [-0.1, -0.05) is 18.2 Å². The first-order valence-electron chi connectivity index (χ1n) is 9.43. The summed E-state index contributed by atoms with van der Waals surface area (Å²) < 4.78 is 5.69. The molecule has 2 aromatic carbocycles. The highest BCUT2D eigenvalue weighted by atomic mass is 32.1. The Bertz CT molecular complexity index is 1370. The molecule has 0 spiro atoms. The predicted molar refractivity (Wildman–Crippen MR) is 121 cm³/mol. The van der Waals surface area contributed by atoms with Crippen LogP contribution in [-0.2, 0) is 9.59 Å². The second-order valence-corrected chi connectivity index (χ2v) is 7.29. The summed E-state index contributed by atoms with van der Waals surface area (Å²) >= 11 is 5.12. The predicted octanol–water partition coefficient (Wildman–Crippen LogP) is 3.17. The standard InChI is InChI=1S/C23H14N2O7S/c26-19-17(11-16-7-8-18(32-16)12-3-1-4-13(9-12)21(28)29)20(27)25(23(33)24-19)15-6-2-5-14(10-15)22(30)31/h1-11H,(H,28,29)(H,30,31)(H,24,26,33). The van der Waals surface area contributed by atoms with Gasteiger partial charge in [-0.2, -0.15) is 0 Å². The normalized spacial score (nSPS) is 15.0. The molecule has 0 saturated carbocycles. The first kappa shape index (κ1) is 21.7. The molecule has 9 nitrogen and oxygen atoms in total. The van der Waals surface area contributed by atoms with E-state index in [1.54, 1.807) is 18.2 Å². The van der Waals surface area contributed by atoms with E-state index >= 15 is 0 Å². The number of hydrogen-bond acceptors (Lipinski definition) is 6. The molecule has 0 atom stereocenters. The van der Waals surface area contributed by atoms with Gasteiger partial charge in [-0.25, -0.2) is 9.59 Å². The molecule has 0 aliphatic carbocycles. The third-order valence-corrected chi connectivity index (χ3v) is 5.05. The van der Waals surface area contributed by atoms with Gasteiger partial charge >= 0.3 is 11.9 Å². The van der Waals surface area contributed by atoms with Crippen molar-refractivity contribution in [3.8, 4) is 11.3 Å². The SMILES string of the molecule is O=C1NC(=S)N(c2cccc(C(=O)O)c2)C(=O)C1=Cc1ccc(-c2cccc(C(=O)O)c2)o1. The molecule has 4 rings (SSSR count). The number of anilines is 1. The van der Waals surface area contributed by atoms with Crippen LogP contribution in [0.15, 0.2) is 70.7 Å². The maximum Gasteiger partial charge on any atom is 0.335 e. The molecule has 3 N–H and O–H groups in total. The number of carbonyl (C=O) groups is 4. The van der Waals surface area contributed by atoms with Crippen molar-refractivity contribution in [1.29, 1.82) is 0 Å². The average molecular weight is 462 g/mol. The molecule has 1 fully saturated rings. The number of rotatable bonds is 5. The fraction of sp³-hybridized carbons (Fsp3) is 0. The summed E-state index contributed by atoms with van der Waals surface area (Å²) in [6.45, 7) is 0. The minimum atomic E-state index is -1.18. The number of benzene rings is 2. The van der Waals surface area contributed by atoms with Crippen LogP contribution >= 0.6 is 12.2 Å². The van der Waals surface area contributed by atoms with Gasteiger partial charge in [0.05, 0.1) is 16.8 Å². The quantitative estimate of drug-likeness (QED) is 0.299. The lowest BCUT2D eigenvalue weighted by Gasteiger charge is -2.28. The van der Waals surface area contributed by atoms with Gasteiger partial charge in [-0.3, -0.25) is 19.8 Å². The van der Waals surface area contributed by atoms with Crippen molar-refractivity contribution in [2.45, 2.75) is 0 Å². The second kappa shape index (κ2) is 8.52. The van der Waals surface area contributed by atoms with Crippen LogP contribution in [0.2, 0.25) is 0 Å². The van der Waals surface area contributed by atoms with Gasteiger partial charge in [0.1, 0.15) is 17.1 Å². The van der Waals surface area contributed by atoms with Gasteiger partial charge in [0.2, 0.25) is 0 Å². The maximum absolute atomic E-state index is 13.1. The number of nitrogens with one attached hydrogen (secondary N) is 1. The number of aromatic carboxylic acids is 2. The molecular weight excluding hydrogens is 448 g/mol. The summed E-state index contributed by atoms with van der Waals surface area (Å²) in [6, 6.07) is 14.8. The zero-order valence-electron chi connectivity index (χ0n) is 16.6. The van der Waals surface area contributed by atoms with E-state index in [1.807, 2.05) is 0 Å². The Morgan fingerprint density at radius 3 is 2.30 bits per heavy atom. The number of carboxylic acid groups (broad SMARTS) is 2. The van der Waals surface area contributed by atoms with Crippen LogP contribution in [0.3, 0.4) is 0 Å². The first-order valence-corrected chi connectivity index (χ1v) is 9.84. The van der Waals surface area contributed by atoms with Gasteiger partial charge in [0.15, 0.2) is 5.11 Å². The number of hydrogen-bond donors (Lipinski definition) is 3. The Morgan fingerprint density at radius 1 is 0.939 bits per heavy atom. The molecule has 1 aliphatic rings. The number of nitrogens with zero attached hydrogens (tertiary/aromatic N) is 1. The lowest BCUT2D eigenvalue weighted by Crippen LogP contribution is -2.54. The van der Waals surface area contributed by atoms with E-state index in [0.29, 0.717) is 11.3 Å². The van der Waals surface area contributed by atoms with E-state index in [-0.39, 0.29) is 33.3 Å². The smallest absolute Gasteiger partial charge is 0.335 e. The molecular formula is C23H14N2O7S. The van der Waals surface area contributed by atoms with Gasteiger partial charge in [0, 0.05) is 5.56 Å². The van der Waals surface area contributed by atoms with Crippen molar-refractivity contribution in [2.75, 3.05) is 4.90 Å². The van der Waals surface area contributed by atoms with E-state index in [1.165, 1.54) is 48.5 Å². The second-order valence-electron chi connectivity index (χ2n) is 6.90. The summed E-state index contributed by atoms with van der Waals surface area (Å²) in [5, 5.41) is 20.6. The van der Waals surface area contributed by atoms with Gasteiger partial charge in [0.25, 0.3) is 11.8 Å². The van der Waals surface area contributed by atoms with Crippen molar-refractivity contribution in [3.63, 3.8) is 0 Å². The Kier molecular flexibility index (Phi) is 5.59. The van der Waals surface area contributed by atoms with Gasteiger partial charge in [-0.15, -0.1) is 0 Å². The van der Waals surface area contributed by atoms with E-state index in [2.05, 4.69) is 5.32 Å². The van der Waals surface area contributed by atoms with Crippen LogP contribution in [0.25, 0.3) is 17.4 Å². The van der Waals surface area contributed by atoms with Crippen LogP contribution in [0.5, 0.6) is 0 Å². The third kappa shape index (κ3) is 4.27. The van der Waals surface area contributed by atoms with Crippen LogP contribution in [0, 0.1) is 0 Å². The van der Waals surface area contributed by atoms with Gasteiger partial charge < -0.3 is 14.6 Å². The number of carbonyl (C=O) groups excluding carboxylic acids is 2. The lowest BCUT2D eigenvalue weighted by molar-refractivity contribution is -0.122. The summed E-state index contributed by atoms with van der Waals surface area (Å²) in [4.78, 5) is 49.0. The molecule has 3 aromatic rings. The summed E-state index contributed by atoms with van der Waals surface area (Å²) in [5.41, 5.74) is 0.446. The van der Waals surface area contributed by atoms with Crippen molar-refractivity contribution in [1.82, 2.24) is 5.32 Å². The number of thiocarbonyl (C=S) groups is 1. The van der Waals surface area contributed by atoms with E-state index in [4.69, 9.17) is 21.7 Å². The minimum absolute atomic E-state index is 0.0511. The molecule has 1 aromatic heterocycles. The van der Waals surface area contributed by atoms with Crippen molar-refractivity contribution < 1.29 is 33.8 Å². The van der Waals surface area contributed by atoms with Crippen LogP contribution in [0.4, 0.5) is 5.69 Å². The molecule has 1 aliphatic heterocycles. The van der Waals surface area contributed by atoms with Crippen molar-refractivity contribution in [2.24, 2.45) is 0 Å². The number of carboxylic acids is 2. The summed E-state index contributed by atoms with van der Waals surface area (Å²) in [5.74, 6) is -3.23. The fourth-order valence-electron chi connectivity index (χ4n) is 3.20. The average Bonchev–Trinajstić information content (AvgIpc) is 3.25. The van der Waals surface area contributed by atoms with Gasteiger partial charge in [-0.05, 0) is 60.8 Å². The Morgan fingerprint density at radius 2 is 1.61 bits per heavy atom. The highest BCUT2D eigenvalue weighted by Gasteiger charge is 2.35. The molecule has 0 radical (unpaired) electrons. The molecule has 10 heteroatoms. The first-order chi connectivity index (χ1) is 15.7. The zero-order chi connectivity index (χ0) is 23.7. The molecule has 0 unspecified atom stereocenters. The maximum atomic E-state index is 13.1. The number of furan rings is 1. The molecule has 164 valence electrons. The zero-order valence-corrected chi connectivity index (χ0v) is 17.5. The van der Waals surface area contributed by atoms with E-state index < -0.39 is 23.8 Å². The van der Waals surface area contributed by atoms with E-state index in [9.17, 15) is 24.3 Å².